The zero-order valence-electron chi connectivity index (χ0n) is 16.3. The minimum absolute atomic E-state index is 0.0347. The number of carboxylic acids is 1. The summed E-state index contributed by atoms with van der Waals surface area (Å²) in [5, 5.41) is 14.7. The van der Waals surface area contributed by atoms with Crippen LogP contribution < -0.4 is 21.9 Å². The maximum absolute atomic E-state index is 12.3. The molecule has 1 aromatic carbocycles. The van der Waals surface area contributed by atoms with Gasteiger partial charge in [-0.25, -0.2) is 14.8 Å². The van der Waals surface area contributed by atoms with Gasteiger partial charge in [0.15, 0.2) is 11.2 Å². The molecule has 0 saturated heterocycles. The van der Waals surface area contributed by atoms with E-state index in [2.05, 4.69) is 36.5 Å². The number of carbonyl (C=O) groups excluding carboxylic acids is 1. The van der Waals surface area contributed by atoms with Crippen LogP contribution in [0.1, 0.15) is 28.9 Å². The Balaban J connectivity index is 1.63. The topological polar surface area (TPSA) is 176 Å². The van der Waals surface area contributed by atoms with Crippen LogP contribution >= 0.6 is 0 Å². The van der Waals surface area contributed by atoms with Crippen LogP contribution in [0.15, 0.2) is 35.3 Å². The highest BCUT2D eigenvalue weighted by atomic mass is 16.4. The number of carboxylic acid groups (broad SMARTS) is 1. The lowest BCUT2D eigenvalue weighted by Gasteiger charge is -2.13. The Kier molecular flexibility index (Phi) is 6.42. The first-order chi connectivity index (χ1) is 14.9. The minimum atomic E-state index is -1.14. The molecule has 158 valence electrons. The number of nitrogens with two attached hydrogens (primary N) is 1. The summed E-state index contributed by atoms with van der Waals surface area (Å²) in [5.41, 5.74) is 6.73. The first kappa shape index (κ1) is 21.3. The largest absolute Gasteiger partial charge is 0.480 e. The molecule has 11 heteroatoms. The molecule has 6 N–H and O–H groups in total. The number of nitrogens with zero attached hydrogens (tertiary/aromatic N) is 3. The molecule has 0 unspecified atom stereocenters. The Bertz CT molecular complexity index is 1210. The van der Waals surface area contributed by atoms with Gasteiger partial charge in [0, 0.05) is 17.7 Å². The molecule has 0 fully saturated rings. The summed E-state index contributed by atoms with van der Waals surface area (Å²) in [6.45, 7) is 0.269. The van der Waals surface area contributed by atoms with E-state index in [0.29, 0.717) is 16.9 Å². The molecule has 0 aliphatic heterocycles. The molecule has 3 aromatic rings. The Morgan fingerprint density at radius 3 is 2.68 bits per heavy atom. The second-order valence-electron chi connectivity index (χ2n) is 6.52. The lowest BCUT2D eigenvalue weighted by atomic mass is 10.1. The lowest BCUT2D eigenvalue weighted by molar-refractivity contribution is -0.139. The van der Waals surface area contributed by atoms with E-state index in [1.807, 2.05) is 0 Å². The second-order valence-corrected chi connectivity index (χ2v) is 6.52. The summed E-state index contributed by atoms with van der Waals surface area (Å²) in [5.74, 6) is 0.666. The van der Waals surface area contributed by atoms with Crippen LogP contribution in [-0.2, 0) is 11.3 Å². The zero-order valence-corrected chi connectivity index (χ0v) is 16.3. The maximum atomic E-state index is 12.3. The molecule has 2 aromatic heterocycles. The lowest BCUT2D eigenvalue weighted by Crippen LogP contribution is -2.40. The standard InChI is InChI=1S/C20H19N7O4/c1-2-3-4-14(19(30)31)25-17(28)11-5-7-12(8-6-11)22-9-13-10-23-16-15(24-13)18(29)27-20(21)26-16/h1,5-8,10,14,22H,3-4,9H2,(H,25,28)(H,30,31)(H3,21,23,26,27,29)/t14-/m0/s1. The van der Waals surface area contributed by atoms with Gasteiger partial charge >= 0.3 is 5.97 Å². The van der Waals surface area contributed by atoms with Crippen molar-refractivity contribution in [1.29, 1.82) is 0 Å². The Morgan fingerprint density at radius 1 is 1.26 bits per heavy atom. The number of hydrogen-bond acceptors (Lipinski definition) is 8. The summed E-state index contributed by atoms with van der Waals surface area (Å²) in [6.07, 6.45) is 7.02. The Labute approximate surface area is 176 Å². The van der Waals surface area contributed by atoms with Crippen molar-refractivity contribution in [2.45, 2.75) is 25.4 Å². The number of H-pyrrole nitrogens is 1. The second kappa shape index (κ2) is 9.36. The normalized spacial score (nSPS) is 11.5. The Hall–Kier alpha value is -4.46. The monoisotopic (exact) mass is 421 g/mol. The molecule has 3 rings (SSSR count). The van der Waals surface area contributed by atoms with Crippen LogP contribution in [0.3, 0.4) is 0 Å². The number of rotatable bonds is 8. The van der Waals surface area contributed by atoms with Crippen molar-refractivity contribution in [3.8, 4) is 12.3 Å². The van der Waals surface area contributed by atoms with E-state index < -0.39 is 23.5 Å². The number of anilines is 2. The van der Waals surface area contributed by atoms with Gasteiger partial charge in [-0.3, -0.25) is 14.6 Å². The van der Waals surface area contributed by atoms with E-state index in [1.165, 1.54) is 6.20 Å². The number of terminal acetylenes is 1. The third-order valence-electron chi connectivity index (χ3n) is 4.29. The number of aromatic amines is 1. The van der Waals surface area contributed by atoms with E-state index in [-0.39, 0.29) is 36.5 Å². The number of nitrogen functional groups attached to an aromatic ring is 1. The molecule has 0 aliphatic carbocycles. The average Bonchev–Trinajstić information content (AvgIpc) is 2.75. The number of aliphatic carboxylic acids is 1. The summed E-state index contributed by atoms with van der Waals surface area (Å²) in [6, 6.07) is 5.38. The van der Waals surface area contributed by atoms with Crippen LogP contribution in [0.2, 0.25) is 0 Å². The van der Waals surface area contributed by atoms with E-state index >= 15 is 0 Å². The van der Waals surface area contributed by atoms with Gasteiger partial charge < -0.3 is 21.5 Å². The molecule has 0 bridgehead atoms. The summed E-state index contributed by atoms with van der Waals surface area (Å²) < 4.78 is 0. The average molecular weight is 421 g/mol. The number of nitrogens with one attached hydrogen (secondary N) is 3. The number of amides is 1. The fraction of sp³-hybridized carbons (Fsp3) is 0.200. The van der Waals surface area contributed by atoms with Gasteiger partial charge in [0.25, 0.3) is 11.5 Å². The van der Waals surface area contributed by atoms with E-state index in [4.69, 9.17) is 12.2 Å². The van der Waals surface area contributed by atoms with Gasteiger partial charge in [0.1, 0.15) is 6.04 Å². The molecular formula is C20H19N7O4. The quantitative estimate of drug-likeness (QED) is 0.324. The highest BCUT2D eigenvalue weighted by Gasteiger charge is 2.19. The molecule has 2 heterocycles. The van der Waals surface area contributed by atoms with Gasteiger partial charge in [-0.15, -0.1) is 12.3 Å². The molecule has 0 radical (unpaired) electrons. The van der Waals surface area contributed by atoms with Gasteiger partial charge in [0.2, 0.25) is 5.95 Å². The van der Waals surface area contributed by atoms with Crippen molar-refractivity contribution in [2.75, 3.05) is 11.1 Å². The van der Waals surface area contributed by atoms with E-state index in [0.717, 1.165) is 0 Å². The van der Waals surface area contributed by atoms with Gasteiger partial charge in [-0.05, 0) is 30.7 Å². The van der Waals surface area contributed by atoms with Crippen molar-refractivity contribution in [1.82, 2.24) is 25.3 Å². The summed E-state index contributed by atoms with van der Waals surface area (Å²) in [7, 11) is 0. The van der Waals surface area contributed by atoms with Gasteiger partial charge in [0.05, 0.1) is 18.4 Å². The fourth-order valence-corrected chi connectivity index (χ4v) is 2.71. The van der Waals surface area contributed by atoms with Crippen molar-refractivity contribution in [2.24, 2.45) is 0 Å². The molecular weight excluding hydrogens is 402 g/mol. The van der Waals surface area contributed by atoms with Crippen LogP contribution in [-0.4, -0.2) is 43.0 Å². The number of aromatic nitrogens is 4. The highest BCUT2D eigenvalue weighted by molar-refractivity contribution is 5.96. The zero-order chi connectivity index (χ0) is 22.4. The summed E-state index contributed by atoms with van der Waals surface area (Å²) >= 11 is 0. The highest BCUT2D eigenvalue weighted by Crippen LogP contribution is 2.12. The summed E-state index contributed by atoms with van der Waals surface area (Å²) in [4.78, 5) is 50.0. The molecule has 1 amide bonds. The SMILES string of the molecule is C#CCC[C@H](NC(=O)c1ccc(NCc2cnc3nc(N)[nH]c(=O)c3n2)cc1)C(=O)O. The van der Waals surface area contributed by atoms with Crippen molar-refractivity contribution in [3.63, 3.8) is 0 Å². The van der Waals surface area contributed by atoms with Crippen molar-refractivity contribution >= 4 is 34.7 Å². The van der Waals surface area contributed by atoms with Gasteiger partial charge in [-0.2, -0.15) is 4.98 Å². The van der Waals surface area contributed by atoms with Crippen LogP contribution in [0.4, 0.5) is 11.6 Å². The fourth-order valence-electron chi connectivity index (χ4n) is 2.71. The van der Waals surface area contributed by atoms with E-state index in [9.17, 15) is 19.5 Å². The van der Waals surface area contributed by atoms with E-state index in [1.54, 1.807) is 24.3 Å². The smallest absolute Gasteiger partial charge is 0.326 e. The van der Waals surface area contributed by atoms with Crippen molar-refractivity contribution < 1.29 is 14.7 Å². The first-order valence-corrected chi connectivity index (χ1v) is 9.20. The maximum Gasteiger partial charge on any atom is 0.326 e. The molecule has 0 saturated carbocycles. The third-order valence-corrected chi connectivity index (χ3v) is 4.29. The molecule has 0 spiro atoms. The Morgan fingerprint density at radius 2 is 2.00 bits per heavy atom. The predicted molar refractivity (Wildman–Crippen MR) is 113 cm³/mol. The minimum Gasteiger partial charge on any atom is -0.480 e. The predicted octanol–water partition coefficient (Wildman–Crippen LogP) is 0.504. The molecule has 11 nitrogen and oxygen atoms in total. The number of carbonyl (C=O) groups is 2. The number of fused-ring (bicyclic) bond motifs is 1. The van der Waals surface area contributed by atoms with Crippen LogP contribution in [0, 0.1) is 12.3 Å². The molecule has 0 aliphatic rings. The van der Waals surface area contributed by atoms with Crippen molar-refractivity contribution in [3.05, 3.63) is 52.1 Å². The molecule has 31 heavy (non-hydrogen) atoms. The number of hydrogen-bond donors (Lipinski definition) is 5. The van der Waals surface area contributed by atoms with Crippen LogP contribution in [0.25, 0.3) is 11.2 Å². The van der Waals surface area contributed by atoms with Crippen LogP contribution in [0.5, 0.6) is 0 Å². The first-order valence-electron chi connectivity index (χ1n) is 9.20. The third kappa shape index (κ3) is 5.33. The number of benzene rings is 1. The molecule has 1 atom stereocenters. The van der Waals surface area contributed by atoms with Gasteiger partial charge in [-0.1, -0.05) is 0 Å².